The van der Waals surface area contributed by atoms with E-state index in [9.17, 15) is 18.3 Å². The molecular weight excluding hydrogens is 494 g/mol. The van der Waals surface area contributed by atoms with Gasteiger partial charge in [0.05, 0.1) is 41.5 Å². The number of carboxylic acid groups (broad SMARTS) is 1. The van der Waals surface area contributed by atoms with Crippen LogP contribution in [0.3, 0.4) is 0 Å². The van der Waals surface area contributed by atoms with Crippen molar-refractivity contribution in [2.45, 2.75) is 11.4 Å². The van der Waals surface area contributed by atoms with Crippen LogP contribution in [-0.4, -0.2) is 46.8 Å². The van der Waals surface area contributed by atoms with Gasteiger partial charge in [0.2, 0.25) is 0 Å². The van der Waals surface area contributed by atoms with Crippen LogP contribution in [0.15, 0.2) is 90.2 Å². The summed E-state index contributed by atoms with van der Waals surface area (Å²) in [6, 6.07) is 18.0. The molecule has 0 aliphatic heterocycles. The number of hydrogen-bond acceptors (Lipinski definition) is 7. The van der Waals surface area contributed by atoms with Crippen molar-refractivity contribution in [3.63, 3.8) is 0 Å². The Labute approximate surface area is 212 Å². The van der Waals surface area contributed by atoms with Crippen molar-refractivity contribution in [1.82, 2.24) is 20.2 Å². The highest BCUT2D eigenvalue weighted by atomic mass is 32.2. The van der Waals surface area contributed by atoms with Crippen LogP contribution in [0.2, 0.25) is 0 Å². The summed E-state index contributed by atoms with van der Waals surface area (Å²) in [5.41, 5.74) is 1.12. The topological polar surface area (TPSA) is 138 Å². The van der Waals surface area contributed by atoms with Crippen LogP contribution < -0.4 is 9.04 Å². The minimum Gasteiger partial charge on any atom is -0.497 e. The maximum Gasteiger partial charge on any atom is 0.340 e. The number of aromatic amines is 1. The molecule has 0 bridgehead atoms. The van der Waals surface area contributed by atoms with Crippen molar-refractivity contribution in [1.29, 1.82) is 0 Å². The predicted octanol–water partition coefficient (Wildman–Crippen LogP) is 4.12. The Hall–Kier alpha value is -4.77. The Morgan fingerprint density at radius 2 is 1.78 bits per heavy atom. The number of carbonyl (C=O) groups is 1. The first kappa shape index (κ1) is 23.9. The predicted molar refractivity (Wildman–Crippen MR) is 137 cm³/mol. The van der Waals surface area contributed by atoms with Gasteiger partial charge >= 0.3 is 5.97 Å². The monoisotopic (exact) mass is 515 g/mol. The van der Waals surface area contributed by atoms with E-state index in [2.05, 4.69) is 20.2 Å². The van der Waals surface area contributed by atoms with Crippen LogP contribution in [0, 0.1) is 0 Å². The fourth-order valence-electron chi connectivity index (χ4n) is 4.04. The van der Waals surface area contributed by atoms with E-state index < -0.39 is 16.0 Å². The second-order valence-electron chi connectivity index (χ2n) is 8.04. The van der Waals surface area contributed by atoms with E-state index in [1.54, 1.807) is 48.7 Å². The molecule has 11 heteroatoms. The van der Waals surface area contributed by atoms with Crippen molar-refractivity contribution in [3.8, 4) is 17.0 Å². The maximum absolute atomic E-state index is 14.1. The minimum atomic E-state index is -4.28. The lowest BCUT2D eigenvalue weighted by Gasteiger charge is -2.27. The van der Waals surface area contributed by atoms with Crippen LogP contribution in [0.4, 0.5) is 5.69 Å². The first-order valence-electron chi connectivity index (χ1n) is 11.1. The van der Waals surface area contributed by atoms with Gasteiger partial charge in [-0.1, -0.05) is 36.4 Å². The first-order chi connectivity index (χ1) is 17.9. The fraction of sp³-hybridized carbons (Fsp3) is 0.0769. The van der Waals surface area contributed by atoms with Gasteiger partial charge in [-0.3, -0.25) is 14.4 Å². The van der Waals surface area contributed by atoms with Gasteiger partial charge in [0.15, 0.2) is 5.65 Å². The number of rotatable bonds is 8. The van der Waals surface area contributed by atoms with Gasteiger partial charge in [-0.15, -0.1) is 0 Å². The number of methoxy groups -OCH3 is 1. The molecule has 5 aromatic rings. The van der Waals surface area contributed by atoms with Crippen LogP contribution in [0.5, 0.6) is 5.75 Å². The SMILES string of the molecule is COc1ccc(S(=O)(=O)N(Cc2cccnc2)c2c(C(=O)O)c(-c3ccccc3)nc3[nH]ncc23)cc1. The Morgan fingerprint density at radius 3 is 2.43 bits per heavy atom. The third kappa shape index (κ3) is 4.47. The third-order valence-electron chi connectivity index (χ3n) is 5.78. The number of nitrogens with one attached hydrogen (secondary N) is 1. The normalized spacial score (nSPS) is 11.4. The molecule has 10 nitrogen and oxygen atoms in total. The summed E-state index contributed by atoms with van der Waals surface area (Å²) in [5, 5.41) is 17.4. The lowest BCUT2D eigenvalue weighted by atomic mass is 10.0. The van der Waals surface area contributed by atoms with Gasteiger partial charge in [-0.2, -0.15) is 5.10 Å². The van der Waals surface area contributed by atoms with Gasteiger partial charge in [0.25, 0.3) is 10.0 Å². The highest BCUT2D eigenvalue weighted by Crippen LogP contribution is 2.39. The number of carboxylic acids is 1. The number of sulfonamides is 1. The molecular formula is C26H21N5O5S. The molecule has 0 saturated heterocycles. The van der Waals surface area contributed by atoms with Gasteiger partial charge in [0.1, 0.15) is 11.3 Å². The summed E-state index contributed by atoms with van der Waals surface area (Å²) in [6.45, 7) is -0.180. The van der Waals surface area contributed by atoms with Crippen molar-refractivity contribution >= 4 is 32.7 Å². The van der Waals surface area contributed by atoms with Gasteiger partial charge < -0.3 is 9.84 Å². The van der Waals surface area contributed by atoms with Crippen LogP contribution >= 0.6 is 0 Å². The minimum absolute atomic E-state index is 0.0387. The highest BCUT2D eigenvalue weighted by Gasteiger charge is 2.34. The van der Waals surface area contributed by atoms with Crippen LogP contribution in [0.25, 0.3) is 22.3 Å². The van der Waals surface area contributed by atoms with Crippen LogP contribution in [0.1, 0.15) is 15.9 Å². The Balaban J connectivity index is 1.83. The Bertz CT molecular complexity index is 1670. The van der Waals surface area contributed by atoms with E-state index in [0.29, 0.717) is 16.9 Å². The zero-order valence-electron chi connectivity index (χ0n) is 19.6. The molecule has 0 fully saturated rings. The quantitative estimate of drug-likeness (QED) is 0.315. The lowest BCUT2D eigenvalue weighted by Crippen LogP contribution is -2.32. The molecule has 0 atom stereocenters. The van der Waals surface area contributed by atoms with E-state index in [1.807, 2.05) is 0 Å². The number of hydrogen-bond donors (Lipinski definition) is 2. The first-order valence-corrected chi connectivity index (χ1v) is 12.6. The second kappa shape index (κ2) is 9.70. The third-order valence-corrected chi connectivity index (χ3v) is 7.54. The standard InChI is InChI=1S/C26H21N5O5S/c1-36-19-9-11-20(12-10-19)37(34,35)31(16-17-6-5-13-27-14-17)24-21-15-28-30-25(21)29-23(22(24)26(32)33)18-7-3-2-4-8-18/h2-15H,16H2,1H3,(H,32,33)(H,28,29,30). The maximum atomic E-state index is 14.1. The smallest absolute Gasteiger partial charge is 0.340 e. The molecule has 2 N–H and O–H groups in total. The zero-order valence-corrected chi connectivity index (χ0v) is 20.4. The molecule has 186 valence electrons. The molecule has 37 heavy (non-hydrogen) atoms. The van der Waals surface area contributed by atoms with Crippen molar-refractivity contribution in [2.75, 3.05) is 11.4 Å². The van der Waals surface area contributed by atoms with E-state index in [-0.39, 0.29) is 39.4 Å². The van der Waals surface area contributed by atoms with Gasteiger partial charge in [-0.25, -0.2) is 18.2 Å². The number of aromatic nitrogens is 4. The largest absolute Gasteiger partial charge is 0.497 e. The summed E-state index contributed by atoms with van der Waals surface area (Å²) in [7, 11) is -2.80. The average molecular weight is 516 g/mol. The summed E-state index contributed by atoms with van der Waals surface area (Å²) in [5.74, 6) is -0.845. The van der Waals surface area contributed by atoms with Crippen molar-refractivity contribution in [3.05, 3.63) is 96.4 Å². The average Bonchev–Trinajstić information content (AvgIpc) is 3.40. The molecule has 0 radical (unpaired) electrons. The molecule has 3 aromatic heterocycles. The summed E-state index contributed by atoms with van der Waals surface area (Å²) < 4.78 is 34.5. The van der Waals surface area contributed by atoms with Crippen molar-refractivity contribution in [2.24, 2.45) is 0 Å². The highest BCUT2D eigenvalue weighted by molar-refractivity contribution is 7.92. The van der Waals surface area contributed by atoms with E-state index >= 15 is 0 Å². The number of benzene rings is 2. The molecule has 3 heterocycles. The molecule has 0 unspecified atom stereocenters. The number of fused-ring (bicyclic) bond motifs is 1. The fourth-order valence-corrected chi connectivity index (χ4v) is 5.52. The molecule has 0 saturated carbocycles. The molecule has 2 aromatic carbocycles. The second-order valence-corrected chi connectivity index (χ2v) is 9.90. The number of aromatic carboxylic acids is 1. The molecule has 0 amide bonds. The summed E-state index contributed by atoms with van der Waals surface area (Å²) in [6.07, 6.45) is 4.48. The molecule has 5 rings (SSSR count). The number of anilines is 1. The number of pyridine rings is 2. The van der Waals surface area contributed by atoms with Gasteiger partial charge in [0, 0.05) is 18.0 Å². The lowest BCUT2D eigenvalue weighted by molar-refractivity contribution is 0.0698. The Kier molecular flexibility index (Phi) is 6.28. The van der Waals surface area contributed by atoms with Crippen molar-refractivity contribution < 1.29 is 23.1 Å². The van der Waals surface area contributed by atoms with E-state index in [0.717, 1.165) is 4.31 Å². The Morgan fingerprint density at radius 1 is 1.03 bits per heavy atom. The van der Waals surface area contributed by atoms with E-state index in [1.165, 1.54) is 43.8 Å². The number of ether oxygens (including phenoxy) is 1. The molecule has 0 aliphatic carbocycles. The summed E-state index contributed by atoms with van der Waals surface area (Å²) in [4.78, 5) is 21.3. The van der Waals surface area contributed by atoms with E-state index in [4.69, 9.17) is 4.74 Å². The number of H-pyrrole nitrogens is 1. The number of nitrogens with zero attached hydrogens (tertiary/aromatic N) is 4. The van der Waals surface area contributed by atoms with Gasteiger partial charge in [-0.05, 0) is 35.9 Å². The summed E-state index contributed by atoms with van der Waals surface area (Å²) >= 11 is 0. The molecule has 0 spiro atoms. The van der Waals surface area contributed by atoms with Crippen LogP contribution in [-0.2, 0) is 16.6 Å². The molecule has 0 aliphatic rings. The zero-order chi connectivity index (χ0) is 26.0.